The van der Waals surface area contributed by atoms with Crippen LogP contribution in [0.15, 0.2) is 18.5 Å². The number of ether oxygens (including phenoxy) is 1. The summed E-state index contributed by atoms with van der Waals surface area (Å²) < 4.78 is 8.02. The lowest BCUT2D eigenvalue weighted by Gasteiger charge is -2.24. The van der Waals surface area contributed by atoms with E-state index >= 15 is 0 Å². The van der Waals surface area contributed by atoms with Crippen molar-refractivity contribution < 1.29 is 4.74 Å². The predicted molar refractivity (Wildman–Crippen MR) is 91.0 cm³/mol. The molecule has 1 aromatic heterocycles. The molecule has 1 aliphatic heterocycles. The average Bonchev–Trinajstić information content (AvgIpc) is 2.92. The maximum Gasteiger partial charge on any atom is 0.135 e. The summed E-state index contributed by atoms with van der Waals surface area (Å²) in [4.78, 5) is 4.48. The molecule has 1 unspecified atom stereocenters. The van der Waals surface area contributed by atoms with E-state index in [1.165, 1.54) is 12.8 Å². The molecule has 1 aliphatic rings. The van der Waals surface area contributed by atoms with E-state index in [-0.39, 0.29) is 6.23 Å². The molecule has 1 aromatic carbocycles. The summed E-state index contributed by atoms with van der Waals surface area (Å²) in [7, 11) is 0. The van der Waals surface area contributed by atoms with Crippen LogP contribution in [-0.4, -0.2) is 22.2 Å². The molecule has 120 valence electrons. The summed E-state index contributed by atoms with van der Waals surface area (Å²) in [6.07, 6.45) is 7.63. The van der Waals surface area contributed by atoms with E-state index in [1.54, 1.807) is 0 Å². The second kappa shape index (κ2) is 6.57. The van der Waals surface area contributed by atoms with Gasteiger partial charge >= 0.3 is 0 Å². The SMILES string of the molecule is CCC[C@@H](C)Nc1cc(N)c2ncn(C3CCCCO3)c2c1. The third-order valence-corrected chi connectivity index (χ3v) is 4.31. The van der Waals surface area contributed by atoms with E-state index in [0.717, 1.165) is 48.3 Å². The first-order valence-corrected chi connectivity index (χ1v) is 8.33. The van der Waals surface area contributed by atoms with Gasteiger partial charge in [-0.25, -0.2) is 4.98 Å². The number of hydrogen-bond donors (Lipinski definition) is 2. The van der Waals surface area contributed by atoms with Crippen molar-refractivity contribution in [2.45, 2.75) is 58.2 Å². The zero-order valence-corrected chi connectivity index (χ0v) is 13.5. The van der Waals surface area contributed by atoms with Gasteiger partial charge < -0.3 is 20.4 Å². The molecule has 0 saturated carbocycles. The third-order valence-electron chi connectivity index (χ3n) is 4.31. The van der Waals surface area contributed by atoms with Crippen LogP contribution >= 0.6 is 0 Å². The highest BCUT2D eigenvalue weighted by atomic mass is 16.5. The fourth-order valence-corrected chi connectivity index (χ4v) is 3.21. The first kappa shape index (κ1) is 15.2. The van der Waals surface area contributed by atoms with Crippen LogP contribution in [0.1, 0.15) is 52.2 Å². The monoisotopic (exact) mass is 302 g/mol. The van der Waals surface area contributed by atoms with E-state index < -0.39 is 0 Å². The second-order valence-electron chi connectivity index (χ2n) is 6.24. The van der Waals surface area contributed by atoms with Crippen LogP contribution in [0.25, 0.3) is 11.0 Å². The van der Waals surface area contributed by atoms with Crippen molar-refractivity contribution in [1.29, 1.82) is 0 Å². The largest absolute Gasteiger partial charge is 0.397 e. The van der Waals surface area contributed by atoms with Gasteiger partial charge in [0.15, 0.2) is 0 Å². The molecule has 0 bridgehead atoms. The number of nitrogen functional groups attached to an aromatic ring is 1. The first-order chi connectivity index (χ1) is 10.7. The smallest absolute Gasteiger partial charge is 0.135 e. The maximum absolute atomic E-state index is 6.19. The predicted octanol–water partition coefficient (Wildman–Crippen LogP) is 3.92. The molecule has 3 N–H and O–H groups in total. The summed E-state index contributed by atoms with van der Waals surface area (Å²) >= 11 is 0. The normalized spacial score (nSPS) is 20.2. The number of fused-ring (bicyclic) bond motifs is 1. The van der Waals surface area contributed by atoms with E-state index in [9.17, 15) is 0 Å². The van der Waals surface area contributed by atoms with Gasteiger partial charge in [-0.05, 0) is 44.7 Å². The molecule has 2 atom stereocenters. The van der Waals surface area contributed by atoms with Gasteiger partial charge in [-0.15, -0.1) is 0 Å². The van der Waals surface area contributed by atoms with Gasteiger partial charge in [0.05, 0.1) is 17.5 Å². The van der Waals surface area contributed by atoms with Gasteiger partial charge in [0.25, 0.3) is 0 Å². The Morgan fingerprint density at radius 2 is 2.32 bits per heavy atom. The molecule has 3 rings (SSSR count). The Labute approximate surface area is 131 Å². The molecule has 0 amide bonds. The number of nitrogens with two attached hydrogens (primary N) is 1. The quantitative estimate of drug-likeness (QED) is 0.822. The molecule has 0 radical (unpaired) electrons. The summed E-state index contributed by atoms with van der Waals surface area (Å²) in [5.41, 5.74) is 9.89. The van der Waals surface area contributed by atoms with E-state index in [0.29, 0.717) is 6.04 Å². The molecular formula is C17H26N4O. The molecule has 2 aromatic rings. The Balaban J connectivity index is 1.92. The van der Waals surface area contributed by atoms with Gasteiger partial charge in [0, 0.05) is 18.3 Å². The van der Waals surface area contributed by atoms with Crippen LogP contribution in [-0.2, 0) is 4.74 Å². The van der Waals surface area contributed by atoms with Crippen LogP contribution in [0.2, 0.25) is 0 Å². The van der Waals surface area contributed by atoms with Crippen molar-refractivity contribution in [2.24, 2.45) is 0 Å². The number of hydrogen-bond acceptors (Lipinski definition) is 4. The van der Waals surface area contributed by atoms with E-state index in [4.69, 9.17) is 10.5 Å². The first-order valence-electron chi connectivity index (χ1n) is 8.33. The molecule has 1 fully saturated rings. The van der Waals surface area contributed by atoms with Crippen LogP contribution < -0.4 is 11.1 Å². The minimum Gasteiger partial charge on any atom is -0.397 e. The van der Waals surface area contributed by atoms with Gasteiger partial charge in [0.1, 0.15) is 11.7 Å². The number of nitrogens with one attached hydrogen (secondary N) is 1. The second-order valence-corrected chi connectivity index (χ2v) is 6.24. The number of nitrogens with zero attached hydrogens (tertiary/aromatic N) is 2. The molecule has 5 nitrogen and oxygen atoms in total. The lowest BCUT2D eigenvalue weighted by atomic mass is 10.1. The van der Waals surface area contributed by atoms with Gasteiger partial charge in [-0.1, -0.05) is 13.3 Å². The average molecular weight is 302 g/mol. The lowest BCUT2D eigenvalue weighted by molar-refractivity contribution is -0.0295. The van der Waals surface area contributed by atoms with Crippen LogP contribution in [0, 0.1) is 0 Å². The highest BCUT2D eigenvalue weighted by Crippen LogP contribution is 2.31. The number of rotatable bonds is 5. The van der Waals surface area contributed by atoms with Crippen LogP contribution in [0.3, 0.4) is 0 Å². The number of anilines is 2. The fourth-order valence-electron chi connectivity index (χ4n) is 3.21. The molecule has 0 spiro atoms. The van der Waals surface area contributed by atoms with E-state index in [1.807, 2.05) is 12.4 Å². The van der Waals surface area contributed by atoms with Crippen molar-refractivity contribution in [3.05, 3.63) is 18.5 Å². The van der Waals surface area contributed by atoms with Crippen molar-refractivity contribution >= 4 is 22.4 Å². The highest BCUT2D eigenvalue weighted by Gasteiger charge is 2.19. The summed E-state index contributed by atoms with van der Waals surface area (Å²) in [6.45, 7) is 5.22. The summed E-state index contributed by atoms with van der Waals surface area (Å²) in [6, 6.07) is 4.56. The summed E-state index contributed by atoms with van der Waals surface area (Å²) in [5, 5.41) is 3.53. The third kappa shape index (κ3) is 3.04. The molecule has 2 heterocycles. The minimum atomic E-state index is 0.0847. The van der Waals surface area contributed by atoms with Crippen molar-refractivity contribution in [3.8, 4) is 0 Å². The van der Waals surface area contributed by atoms with Crippen molar-refractivity contribution in [1.82, 2.24) is 9.55 Å². The van der Waals surface area contributed by atoms with Gasteiger partial charge in [0.2, 0.25) is 0 Å². The lowest BCUT2D eigenvalue weighted by Crippen LogP contribution is -2.18. The minimum absolute atomic E-state index is 0.0847. The van der Waals surface area contributed by atoms with Crippen LogP contribution in [0.4, 0.5) is 11.4 Å². The Kier molecular flexibility index (Phi) is 4.52. The van der Waals surface area contributed by atoms with Crippen molar-refractivity contribution in [2.75, 3.05) is 17.7 Å². The molecule has 1 saturated heterocycles. The van der Waals surface area contributed by atoms with Gasteiger partial charge in [-0.3, -0.25) is 0 Å². The number of benzene rings is 1. The van der Waals surface area contributed by atoms with E-state index in [2.05, 4.69) is 34.8 Å². The fraction of sp³-hybridized carbons (Fsp3) is 0.588. The zero-order valence-electron chi connectivity index (χ0n) is 13.5. The highest BCUT2D eigenvalue weighted by molar-refractivity contribution is 5.91. The topological polar surface area (TPSA) is 65.1 Å². The molecule has 22 heavy (non-hydrogen) atoms. The zero-order chi connectivity index (χ0) is 15.5. The van der Waals surface area contributed by atoms with Gasteiger partial charge in [-0.2, -0.15) is 0 Å². The summed E-state index contributed by atoms with van der Waals surface area (Å²) in [5.74, 6) is 0. The standard InChI is InChI=1S/C17H26N4O/c1-3-6-12(2)20-13-9-14(18)17-15(10-13)21(11-19-17)16-7-4-5-8-22-16/h9-12,16,20H,3-8,18H2,1-2H3/t12-,16?/m1/s1. The Hall–Kier alpha value is -1.75. The van der Waals surface area contributed by atoms with Crippen LogP contribution in [0.5, 0.6) is 0 Å². The molecular weight excluding hydrogens is 276 g/mol. The maximum atomic E-state index is 6.19. The number of aromatic nitrogens is 2. The number of imidazole rings is 1. The Morgan fingerprint density at radius 3 is 3.05 bits per heavy atom. The Bertz CT molecular complexity index is 631. The molecule has 5 heteroatoms. The Morgan fingerprint density at radius 1 is 1.45 bits per heavy atom. The molecule has 0 aliphatic carbocycles. The van der Waals surface area contributed by atoms with Crippen molar-refractivity contribution in [3.63, 3.8) is 0 Å².